The number of nitro benzene ring substituents is 1. The van der Waals surface area contributed by atoms with Crippen molar-refractivity contribution in [3.8, 4) is 0 Å². The van der Waals surface area contributed by atoms with Gasteiger partial charge in [-0.3, -0.25) is 10.1 Å². The summed E-state index contributed by atoms with van der Waals surface area (Å²) in [7, 11) is -4.72. The Morgan fingerprint density at radius 3 is 2.20 bits per heavy atom. The van der Waals surface area contributed by atoms with E-state index in [1.54, 1.807) is 0 Å². The van der Waals surface area contributed by atoms with Crippen LogP contribution < -0.4 is 24.6 Å². The molecule has 76 valence electrons. The van der Waals surface area contributed by atoms with Gasteiger partial charge in [0.05, 0.1) is 9.82 Å². The maximum atomic E-state index is 10.5. The summed E-state index contributed by atoms with van der Waals surface area (Å²) in [4.78, 5) is 8.75. The van der Waals surface area contributed by atoms with Gasteiger partial charge in [0.15, 0.2) is 0 Å². The zero-order chi connectivity index (χ0) is 10.9. The number of non-ortho nitro benzene ring substituents is 1. The first kappa shape index (κ1) is 13.9. The van der Waals surface area contributed by atoms with Crippen LogP contribution in [0.5, 0.6) is 0 Å². The molecule has 1 rings (SSSR count). The molecule has 0 aliphatic heterocycles. The molecule has 0 aromatic heterocycles. The van der Waals surface area contributed by atoms with Crippen LogP contribution in [0.2, 0.25) is 0 Å². The van der Waals surface area contributed by atoms with Crippen molar-refractivity contribution in [3.63, 3.8) is 0 Å². The van der Waals surface area contributed by atoms with Crippen LogP contribution >= 0.6 is 0 Å². The van der Waals surface area contributed by atoms with Crippen molar-refractivity contribution in [2.45, 2.75) is 4.90 Å². The first-order valence-corrected chi connectivity index (χ1v) is 4.72. The summed E-state index contributed by atoms with van der Waals surface area (Å²) < 4.78 is 31.6. The monoisotopic (exact) mass is 224 g/mol. The quantitative estimate of drug-likeness (QED) is 0.188. The van der Waals surface area contributed by atoms with E-state index in [1.807, 2.05) is 0 Å². The second-order valence-electron chi connectivity index (χ2n) is 2.47. The van der Waals surface area contributed by atoms with Gasteiger partial charge >= 0.3 is 18.9 Å². The Morgan fingerprint density at radius 2 is 1.80 bits per heavy atom. The maximum Gasteiger partial charge on any atom is 1.00 e. The average molecular weight is 224 g/mol. The van der Waals surface area contributed by atoms with Gasteiger partial charge in [-0.2, -0.15) is 0 Å². The molecular weight excluding hydrogens is 219 g/mol. The average Bonchev–Trinajstić information content (AvgIpc) is 2.01. The molecule has 0 heterocycles. The van der Waals surface area contributed by atoms with Crippen LogP contribution in [0, 0.1) is 10.1 Å². The van der Waals surface area contributed by atoms with Gasteiger partial charge in [-0.25, -0.2) is 8.42 Å². The first-order chi connectivity index (χ1) is 6.30. The van der Waals surface area contributed by atoms with E-state index in [4.69, 9.17) is 5.73 Å². The second kappa shape index (κ2) is 4.63. The summed E-state index contributed by atoms with van der Waals surface area (Å²) in [6.45, 7) is 0. The molecule has 1 aromatic carbocycles. The summed E-state index contributed by atoms with van der Waals surface area (Å²) in [5.74, 6) is 0. The molecule has 0 saturated heterocycles. The number of hydrogen-bond donors (Lipinski definition) is 1. The standard InChI is InChI=1S/C6H6N2O5S.Li/c7-4-1-5(8(9)10)3-6(2-4)14(11,12)13;/h1-3H,7H2,(H,11,12,13);/q;+1/p-1. The topological polar surface area (TPSA) is 126 Å². The number of nitro groups is 1. The van der Waals surface area contributed by atoms with Gasteiger partial charge in [0.1, 0.15) is 10.1 Å². The zero-order valence-corrected chi connectivity index (χ0v) is 8.52. The van der Waals surface area contributed by atoms with Crippen LogP contribution in [-0.4, -0.2) is 17.9 Å². The van der Waals surface area contributed by atoms with Crippen molar-refractivity contribution < 1.29 is 36.8 Å². The van der Waals surface area contributed by atoms with E-state index in [2.05, 4.69) is 0 Å². The molecule has 0 aliphatic carbocycles. The number of nitrogen functional groups attached to an aromatic ring is 1. The fourth-order valence-corrected chi connectivity index (χ4v) is 1.40. The van der Waals surface area contributed by atoms with Gasteiger partial charge in [-0.1, -0.05) is 0 Å². The van der Waals surface area contributed by atoms with Gasteiger partial charge in [0.2, 0.25) is 0 Å². The molecule has 9 heteroatoms. The summed E-state index contributed by atoms with van der Waals surface area (Å²) in [5, 5.41) is 10.3. The van der Waals surface area contributed by atoms with E-state index in [-0.39, 0.29) is 24.5 Å². The molecule has 0 atom stereocenters. The largest absolute Gasteiger partial charge is 1.00 e. The van der Waals surface area contributed by atoms with Crippen LogP contribution in [-0.2, 0) is 10.1 Å². The van der Waals surface area contributed by atoms with Gasteiger partial charge in [0, 0.05) is 17.8 Å². The van der Waals surface area contributed by atoms with Crippen LogP contribution in [0.15, 0.2) is 23.1 Å². The first-order valence-electron chi connectivity index (χ1n) is 3.31. The van der Waals surface area contributed by atoms with Gasteiger partial charge in [-0.05, 0) is 6.07 Å². The number of nitrogens with two attached hydrogens (primary N) is 1. The molecule has 7 nitrogen and oxygen atoms in total. The van der Waals surface area contributed by atoms with E-state index in [9.17, 15) is 23.1 Å². The number of rotatable bonds is 2. The predicted molar refractivity (Wildman–Crippen MR) is 45.5 cm³/mol. The normalized spacial score (nSPS) is 10.5. The summed E-state index contributed by atoms with van der Waals surface area (Å²) in [6, 6.07) is 2.50. The van der Waals surface area contributed by atoms with Crippen molar-refractivity contribution in [3.05, 3.63) is 28.3 Å². The van der Waals surface area contributed by atoms with Crippen molar-refractivity contribution in [2.75, 3.05) is 5.73 Å². The molecule has 15 heavy (non-hydrogen) atoms. The fraction of sp³-hybridized carbons (Fsp3) is 0. The van der Waals surface area contributed by atoms with Crippen LogP contribution in [0.25, 0.3) is 0 Å². The molecule has 0 fully saturated rings. The van der Waals surface area contributed by atoms with Crippen molar-refractivity contribution >= 4 is 21.5 Å². The number of nitrogens with zero attached hydrogens (tertiary/aromatic N) is 1. The maximum absolute atomic E-state index is 10.5. The predicted octanol–water partition coefficient (Wildman–Crippen LogP) is -2.91. The number of benzene rings is 1. The molecule has 0 aliphatic rings. The SMILES string of the molecule is Nc1cc([N+](=O)[O-])cc(S(=O)(=O)[O-])c1.[Li+]. The Kier molecular flexibility index (Phi) is 4.30. The van der Waals surface area contributed by atoms with Crippen molar-refractivity contribution in [1.82, 2.24) is 0 Å². The minimum atomic E-state index is -4.72. The fourth-order valence-electron chi connectivity index (χ4n) is 0.856. The Hall–Kier alpha value is -1.07. The zero-order valence-electron chi connectivity index (χ0n) is 7.71. The van der Waals surface area contributed by atoms with Gasteiger partial charge in [0.25, 0.3) is 5.69 Å². The van der Waals surface area contributed by atoms with Crippen molar-refractivity contribution in [1.29, 1.82) is 0 Å². The number of hydrogen-bond acceptors (Lipinski definition) is 6. The Labute approximate surface area is 97.4 Å². The summed E-state index contributed by atoms with van der Waals surface area (Å²) in [6.07, 6.45) is 0. The summed E-state index contributed by atoms with van der Waals surface area (Å²) >= 11 is 0. The van der Waals surface area contributed by atoms with E-state index >= 15 is 0 Å². The third-order valence-electron chi connectivity index (χ3n) is 1.41. The van der Waals surface area contributed by atoms with Crippen molar-refractivity contribution in [2.24, 2.45) is 0 Å². The minimum absolute atomic E-state index is 0. The molecule has 0 radical (unpaired) electrons. The van der Waals surface area contributed by atoms with Crippen LogP contribution in [0.4, 0.5) is 11.4 Å². The Morgan fingerprint density at radius 1 is 1.27 bits per heavy atom. The Balaban J connectivity index is 0.00000196. The second-order valence-corrected chi connectivity index (χ2v) is 3.85. The molecule has 0 spiro atoms. The summed E-state index contributed by atoms with van der Waals surface area (Å²) in [5.41, 5.74) is 4.51. The van der Waals surface area contributed by atoms with E-state index in [1.165, 1.54) is 0 Å². The molecule has 0 amide bonds. The van der Waals surface area contributed by atoms with E-state index in [0.29, 0.717) is 6.07 Å². The van der Waals surface area contributed by atoms with Gasteiger partial charge in [-0.15, -0.1) is 0 Å². The molecule has 0 unspecified atom stereocenters. The molecule has 0 bridgehead atoms. The Bertz CT molecular complexity index is 486. The van der Waals surface area contributed by atoms with E-state index < -0.39 is 25.6 Å². The third kappa shape index (κ3) is 3.52. The minimum Gasteiger partial charge on any atom is -0.744 e. The molecule has 0 saturated carbocycles. The van der Waals surface area contributed by atoms with Crippen LogP contribution in [0.1, 0.15) is 0 Å². The van der Waals surface area contributed by atoms with Crippen LogP contribution in [0.3, 0.4) is 0 Å². The van der Waals surface area contributed by atoms with E-state index in [0.717, 1.165) is 12.1 Å². The third-order valence-corrected chi connectivity index (χ3v) is 2.23. The molecule has 1 aromatic rings. The molecular formula is C6H5LiN2O5S. The molecule has 2 N–H and O–H groups in total. The number of anilines is 1. The van der Waals surface area contributed by atoms with Gasteiger partial charge < -0.3 is 10.3 Å². The smallest absolute Gasteiger partial charge is 0.744 e.